The molecule has 8 nitrogen and oxygen atoms in total. The van der Waals surface area contributed by atoms with Crippen LogP contribution in [0.15, 0.2) is 60.8 Å². The molecular weight excluding hydrogens is 500 g/mol. The van der Waals surface area contributed by atoms with E-state index in [1.807, 2.05) is 19.1 Å². The predicted octanol–water partition coefficient (Wildman–Crippen LogP) is 4.63. The van der Waals surface area contributed by atoms with Crippen LogP contribution in [0.5, 0.6) is 0 Å². The monoisotopic (exact) mass is 550 g/mol. The van der Waals surface area contributed by atoms with Crippen molar-refractivity contribution in [2.75, 3.05) is 13.2 Å². The molecule has 4 atom stereocenters. The van der Waals surface area contributed by atoms with Gasteiger partial charge in [0.05, 0.1) is 18.3 Å². The Labute approximate surface area is 234 Å². The fourth-order valence-electron chi connectivity index (χ4n) is 3.31. The summed E-state index contributed by atoms with van der Waals surface area (Å²) in [7, 11) is 0. The number of ether oxygens (including phenoxy) is 2. The van der Waals surface area contributed by atoms with Crippen molar-refractivity contribution in [3.8, 4) is 0 Å². The zero-order valence-electron chi connectivity index (χ0n) is 23.7. The van der Waals surface area contributed by atoms with Gasteiger partial charge >= 0.3 is 11.9 Å². The van der Waals surface area contributed by atoms with Crippen LogP contribution in [0.3, 0.4) is 0 Å². The van der Waals surface area contributed by atoms with Gasteiger partial charge in [0.25, 0.3) is 0 Å². The standard InChI is InChI=1S/C31H50O8/c1-3-5-7-10-16-22-30(36)38-24-27(33)25-39-31(37)23-17-21-29(35)28(34)20-15-12-9-8-11-14-19-26(32)18-13-6-4-2/h6,8-9,11-15,19-20,26-29,32-35H,3-5,7,10,16-18,21-25H2,1-2H3/b11-8+,12-9-,13-6-,19-14+,20-15-/t26-,27+,28+,29+/m1/s1. The molecule has 0 unspecified atom stereocenters. The molecule has 0 rings (SSSR count). The van der Waals surface area contributed by atoms with Crippen molar-refractivity contribution in [2.24, 2.45) is 0 Å². The lowest BCUT2D eigenvalue weighted by Gasteiger charge is -2.14. The second-order valence-electron chi connectivity index (χ2n) is 9.36. The number of aliphatic hydroxyl groups excluding tert-OH is 4. The van der Waals surface area contributed by atoms with Crippen LogP contribution in [0.1, 0.15) is 84.5 Å². The molecule has 0 amide bonds. The van der Waals surface area contributed by atoms with Crippen molar-refractivity contribution in [3.63, 3.8) is 0 Å². The molecule has 0 aromatic heterocycles. The van der Waals surface area contributed by atoms with E-state index in [4.69, 9.17) is 9.47 Å². The first-order valence-electron chi connectivity index (χ1n) is 14.2. The van der Waals surface area contributed by atoms with Crippen LogP contribution in [0.2, 0.25) is 0 Å². The average molecular weight is 551 g/mol. The van der Waals surface area contributed by atoms with Gasteiger partial charge in [0.15, 0.2) is 0 Å². The number of unbranched alkanes of at least 4 members (excludes halogenated alkanes) is 4. The molecule has 0 aliphatic heterocycles. The molecule has 0 radical (unpaired) electrons. The highest BCUT2D eigenvalue weighted by Crippen LogP contribution is 2.08. The van der Waals surface area contributed by atoms with E-state index >= 15 is 0 Å². The topological polar surface area (TPSA) is 134 Å². The fraction of sp³-hybridized carbons (Fsp3) is 0.613. The number of carbonyl (C=O) groups is 2. The molecule has 4 N–H and O–H groups in total. The lowest BCUT2D eigenvalue weighted by molar-refractivity contribution is -0.152. The third kappa shape index (κ3) is 24.3. The average Bonchev–Trinajstić information content (AvgIpc) is 2.91. The lowest BCUT2D eigenvalue weighted by Crippen LogP contribution is -2.26. The zero-order valence-corrected chi connectivity index (χ0v) is 23.7. The molecule has 0 aromatic rings. The number of hydrogen-bond acceptors (Lipinski definition) is 8. The summed E-state index contributed by atoms with van der Waals surface area (Å²) in [6.45, 7) is 3.67. The van der Waals surface area contributed by atoms with Gasteiger partial charge in [-0.3, -0.25) is 9.59 Å². The van der Waals surface area contributed by atoms with Gasteiger partial charge in [0, 0.05) is 12.8 Å². The molecule has 0 spiro atoms. The summed E-state index contributed by atoms with van der Waals surface area (Å²) < 4.78 is 9.98. The van der Waals surface area contributed by atoms with Crippen LogP contribution in [0.4, 0.5) is 0 Å². The van der Waals surface area contributed by atoms with Crippen LogP contribution in [0.25, 0.3) is 0 Å². The van der Waals surface area contributed by atoms with E-state index < -0.39 is 30.4 Å². The van der Waals surface area contributed by atoms with Gasteiger partial charge in [0.2, 0.25) is 0 Å². The summed E-state index contributed by atoms with van der Waals surface area (Å²) in [5.74, 6) is -0.910. The summed E-state index contributed by atoms with van der Waals surface area (Å²) in [6.07, 6.45) is 21.3. The van der Waals surface area contributed by atoms with E-state index in [0.29, 0.717) is 19.3 Å². The first kappa shape index (κ1) is 36.5. The third-order valence-corrected chi connectivity index (χ3v) is 5.61. The normalized spacial score (nSPS) is 15.5. The molecular formula is C31H50O8. The largest absolute Gasteiger partial charge is 0.463 e. The van der Waals surface area contributed by atoms with Gasteiger partial charge in [-0.1, -0.05) is 100 Å². The van der Waals surface area contributed by atoms with Gasteiger partial charge in [-0.05, 0) is 32.1 Å². The summed E-state index contributed by atoms with van der Waals surface area (Å²) in [4.78, 5) is 23.5. The lowest BCUT2D eigenvalue weighted by atomic mass is 10.1. The quantitative estimate of drug-likeness (QED) is 0.0626. The summed E-state index contributed by atoms with van der Waals surface area (Å²) in [5, 5.41) is 39.7. The van der Waals surface area contributed by atoms with Gasteiger partial charge in [-0.25, -0.2) is 0 Å². The molecule has 0 saturated carbocycles. The van der Waals surface area contributed by atoms with E-state index in [0.717, 1.165) is 38.5 Å². The Morgan fingerprint density at radius 1 is 0.692 bits per heavy atom. The molecule has 0 aromatic carbocycles. The second kappa shape index (κ2) is 25.7. The van der Waals surface area contributed by atoms with E-state index in [9.17, 15) is 30.0 Å². The Balaban J connectivity index is 3.99. The minimum Gasteiger partial charge on any atom is -0.463 e. The number of hydrogen-bond donors (Lipinski definition) is 4. The van der Waals surface area contributed by atoms with Crippen LogP contribution in [0, 0.1) is 0 Å². The SMILES string of the molecule is CC/C=C\C[C@@H](O)/C=C/C=C/C=C\C=C/[C@H](O)[C@@H](O)CCCC(=O)OC[C@@H](O)COC(=O)CCCCCCC. The first-order valence-corrected chi connectivity index (χ1v) is 14.2. The van der Waals surface area contributed by atoms with E-state index in [2.05, 4.69) is 6.92 Å². The van der Waals surface area contributed by atoms with E-state index in [-0.39, 0.29) is 32.0 Å². The molecule has 0 aliphatic carbocycles. The number of esters is 2. The summed E-state index contributed by atoms with van der Waals surface area (Å²) in [6, 6.07) is 0. The molecule has 0 heterocycles. The Morgan fingerprint density at radius 2 is 1.26 bits per heavy atom. The van der Waals surface area contributed by atoms with E-state index in [1.54, 1.807) is 42.5 Å². The van der Waals surface area contributed by atoms with Crippen LogP contribution in [-0.4, -0.2) is 70.0 Å². The third-order valence-electron chi connectivity index (χ3n) is 5.61. The number of allylic oxidation sites excluding steroid dienone is 7. The van der Waals surface area contributed by atoms with Crippen molar-refractivity contribution in [3.05, 3.63) is 60.8 Å². The Kier molecular flexibility index (Phi) is 24.1. The Morgan fingerprint density at radius 3 is 1.87 bits per heavy atom. The van der Waals surface area contributed by atoms with Crippen molar-refractivity contribution in [1.29, 1.82) is 0 Å². The molecule has 0 aliphatic rings. The number of aliphatic hydroxyl groups is 4. The maximum absolute atomic E-state index is 11.8. The predicted molar refractivity (Wildman–Crippen MR) is 154 cm³/mol. The molecule has 0 bridgehead atoms. The molecule has 0 saturated heterocycles. The highest BCUT2D eigenvalue weighted by Gasteiger charge is 2.15. The van der Waals surface area contributed by atoms with Crippen molar-refractivity contribution in [2.45, 2.75) is 109 Å². The van der Waals surface area contributed by atoms with Crippen molar-refractivity contribution < 1.29 is 39.5 Å². The van der Waals surface area contributed by atoms with Crippen molar-refractivity contribution in [1.82, 2.24) is 0 Å². The second-order valence-corrected chi connectivity index (χ2v) is 9.36. The number of carbonyl (C=O) groups excluding carboxylic acids is 2. The fourth-order valence-corrected chi connectivity index (χ4v) is 3.31. The Bertz CT molecular complexity index is 769. The zero-order chi connectivity index (χ0) is 29.1. The highest BCUT2D eigenvalue weighted by molar-refractivity contribution is 5.69. The minimum atomic E-state index is -1.09. The smallest absolute Gasteiger partial charge is 0.305 e. The molecule has 222 valence electrons. The van der Waals surface area contributed by atoms with Gasteiger partial charge in [0.1, 0.15) is 19.3 Å². The molecule has 8 heteroatoms. The summed E-state index contributed by atoms with van der Waals surface area (Å²) in [5.41, 5.74) is 0. The first-order chi connectivity index (χ1) is 18.8. The maximum Gasteiger partial charge on any atom is 0.305 e. The molecule has 0 fully saturated rings. The maximum atomic E-state index is 11.8. The van der Waals surface area contributed by atoms with Crippen LogP contribution >= 0.6 is 0 Å². The highest BCUT2D eigenvalue weighted by atomic mass is 16.6. The minimum absolute atomic E-state index is 0.0273. The molecule has 39 heavy (non-hydrogen) atoms. The Hall–Kier alpha value is -2.52. The van der Waals surface area contributed by atoms with Gasteiger partial charge in [-0.15, -0.1) is 0 Å². The van der Waals surface area contributed by atoms with Gasteiger partial charge in [-0.2, -0.15) is 0 Å². The number of rotatable bonds is 23. The van der Waals surface area contributed by atoms with E-state index in [1.165, 1.54) is 6.08 Å². The van der Waals surface area contributed by atoms with Crippen molar-refractivity contribution >= 4 is 11.9 Å². The summed E-state index contributed by atoms with van der Waals surface area (Å²) >= 11 is 0. The van der Waals surface area contributed by atoms with Crippen LogP contribution < -0.4 is 0 Å². The van der Waals surface area contributed by atoms with Gasteiger partial charge < -0.3 is 29.9 Å². The van der Waals surface area contributed by atoms with Crippen LogP contribution in [-0.2, 0) is 19.1 Å².